The van der Waals surface area contributed by atoms with Crippen molar-refractivity contribution in [3.63, 3.8) is 0 Å². The van der Waals surface area contributed by atoms with E-state index in [0.717, 1.165) is 16.9 Å². The molecule has 3 heterocycles. The van der Waals surface area contributed by atoms with E-state index in [4.69, 9.17) is 0 Å². The van der Waals surface area contributed by atoms with Crippen molar-refractivity contribution in [2.24, 2.45) is 0 Å². The fraction of sp³-hybridized carbons (Fsp3) is 0.364. The number of carbonyl (C=O) groups is 2. The molecule has 2 aromatic heterocycles. The third-order valence-electron chi connectivity index (χ3n) is 5.70. The number of hydrogen-bond donors (Lipinski definition) is 0. The summed E-state index contributed by atoms with van der Waals surface area (Å²) in [4.78, 5) is 46.9. The van der Waals surface area contributed by atoms with E-state index in [-0.39, 0.29) is 29.0 Å². The van der Waals surface area contributed by atoms with Gasteiger partial charge in [0.1, 0.15) is 5.56 Å². The standard InChI is InChI=1S/C22H24N4O3S/c1-15(27)24(2)17-8-10-25(11-9-17)20(28)19-13-23-22-26(21(19)29)14-18(30-22)12-16-6-4-3-5-7-16/h3-7,13-14,17H,8-12H2,1-2H3. The highest BCUT2D eigenvalue weighted by atomic mass is 32.1. The van der Waals surface area contributed by atoms with Gasteiger partial charge in [0, 0.05) is 56.8 Å². The molecule has 3 aromatic rings. The number of piperidine rings is 1. The first-order chi connectivity index (χ1) is 14.4. The van der Waals surface area contributed by atoms with E-state index >= 15 is 0 Å². The van der Waals surface area contributed by atoms with Crippen LogP contribution in [0.5, 0.6) is 0 Å². The van der Waals surface area contributed by atoms with Crippen molar-refractivity contribution in [3.05, 3.63) is 69.1 Å². The third kappa shape index (κ3) is 4.00. The first-order valence-electron chi connectivity index (χ1n) is 10.0. The summed E-state index contributed by atoms with van der Waals surface area (Å²) in [6.07, 6.45) is 5.31. The predicted molar refractivity (Wildman–Crippen MR) is 116 cm³/mol. The van der Waals surface area contributed by atoms with Gasteiger partial charge in [-0.05, 0) is 18.4 Å². The molecule has 30 heavy (non-hydrogen) atoms. The van der Waals surface area contributed by atoms with Crippen molar-refractivity contribution in [1.82, 2.24) is 19.2 Å². The van der Waals surface area contributed by atoms with Crippen molar-refractivity contribution in [2.45, 2.75) is 32.2 Å². The van der Waals surface area contributed by atoms with Crippen LogP contribution in [0, 0.1) is 0 Å². The lowest BCUT2D eigenvalue weighted by Crippen LogP contribution is -2.47. The van der Waals surface area contributed by atoms with E-state index < -0.39 is 0 Å². The summed E-state index contributed by atoms with van der Waals surface area (Å²) in [5.74, 6) is -0.266. The molecule has 1 saturated heterocycles. The van der Waals surface area contributed by atoms with Crippen LogP contribution in [-0.2, 0) is 11.2 Å². The summed E-state index contributed by atoms with van der Waals surface area (Å²) in [6, 6.07) is 10.2. The van der Waals surface area contributed by atoms with Crippen LogP contribution < -0.4 is 5.56 Å². The Morgan fingerprint density at radius 3 is 2.57 bits per heavy atom. The summed E-state index contributed by atoms with van der Waals surface area (Å²) in [7, 11) is 1.79. The average molecular weight is 425 g/mol. The van der Waals surface area contributed by atoms with Gasteiger partial charge in [-0.25, -0.2) is 4.98 Å². The SMILES string of the molecule is CC(=O)N(C)C1CCN(C(=O)c2cnc3sc(Cc4ccccc4)cn3c2=O)CC1. The number of carbonyl (C=O) groups excluding carboxylic acids is 2. The van der Waals surface area contributed by atoms with Gasteiger partial charge in [0.15, 0.2) is 4.96 Å². The van der Waals surface area contributed by atoms with Gasteiger partial charge in [0.25, 0.3) is 11.5 Å². The van der Waals surface area contributed by atoms with Crippen LogP contribution in [0.4, 0.5) is 0 Å². The number of aromatic nitrogens is 2. The minimum absolute atomic E-state index is 0.0245. The van der Waals surface area contributed by atoms with Gasteiger partial charge in [-0.15, -0.1) is 11.3 Å². The molecular formula is C22H24N4O3S. The van der Waals surface area contributed by atoms with Gasteiger partial charge in [-0.1, -0.05) is 30.3 Å². The highest BCUT2D eigenvalue weighted by Crippen LogP contribution is 2.20. The van der Waals surface area contributed by atoms with Crippen molar-refractivity contribution >= 4 is 28.1 Å². The van der Waals surface area contributed by atoms with Crippen LogP contribution in [0.2, 0.25) is 0 Å². The zero-order valence-electron chi connectivity index (χ0n) is 17.1. The van der Waals surface area contributed by atoms with Crippen LogP contribution in [0.3, 0.4) is 0 Å². The monoisotopic (exact) mass is 424 g/mol. The minimum Gasteiger partial charge on any atom is -0.343 e. The molecule has 0 aliphatic carbocycles. The Morgan fingerprint density at radius 1 is 1.20 bits per heavy atom. The highest BCUT2D eigenvalue weighted by molar-refractivity contribution is 7.17. The molecule has 1 aromatic carbocycles. The zero-order chi connectivity index (χ0) is 21.3. The smallest absolute Gasteiger partial charge is 0.271 e. The largest absolute Gasteiger partial charge is 0.343 e. The average Bonchev–Trinajstić information content (AvgIpc) is 3.17. The third-order valence-corrected chi connectivity index (χ3v) is 6.70. The van der Waals surface area contributed by atoms with Crippen LogP contribution in [0.15, 0.2) is 47.5 Å². The summed E-state index contributed by atoms with van der Waals surface area (Å²) in [6.45, 7) is 2.59. The second-order valence-corrected chi connectivity index (χ2v) is 8.74. The molecule has 156 valence electrons. The second-order valence-electron chi connectivity index (χ2n) is 7.64. The van der Waals surface area contributed by atoms with Gasteiger partial charge in [-0.3, -0.25) is 18.8 Å². The number of benzene rings is 1. The minimum atomic E-state index is -0.330. The number of thiazole rings is 1. The maximum Gasteiger partial charge on any atom is 0.271 e. The Morgan fingerprint density at radius 2 is 1.90 bits per heavy atom. The van der Waals surface area contributed by atoms with Crippen LogP contribution in [0.1, 0.15) is 40.6 Å². The molecule has 1 aliphatic heterocycles. The van der Waals surface area contributed by atoms with Crippen LogP contribution in [-0.4, -0.2) is 57.2 Å². The van der Waals surface area contributed by atoms with Gasteiger partial charge in [-0.2, -0.15) is 0 Å². The maximum atomic E-state index is 13.0. The Balaban J connectivity index is 1.52. The molecule has 1 aliphatic rings. The highest BCUT2D eigenvalue weighted by Gasteiger charge is 2.28. The predicted octanol–water partition coefficient (Wildman–Crippen LogP) is 2.43. The molecule has 0 radical (unpaired) electrons. The number of likely N-dealkylation sites (tertiary alicyclic amines) is 1. The Bertz CT molecular complexity index is 1130. The Hall–Kier alpha value is -3.00. The lowest BCUT2D eigenvalue weighted by atomic mass is 10.0. The lowest BCUT2D eigenvalue weighted by Gasteiger charge is -2.36. The fourth-order valence-corrected chi connectivity index (χ4v) is 4.81. The molecule has 0 N–H and O–H groups in total. The van der Waals surface area contributed by atoms with Crippen molar-refractivity contribution < 1.29 is 9.59 Å². The van der Waals surface area contributed by atoms with Gasteiger partial charge in [0.2, 0.25) is 5.91 Å². The molecule has 8 heteroatoms. The van der Waals surface area contributed by atoms with Crippen molar-refractivity contribution in [2.75, 3.05) is 20.1 Å². The summed E-state index contributed by atoms with van der Waals surface area (Å²) >= 11 is 1.46. The van der Waals surface area contributed by atoms with Gasteiger partial charge < -0.3 is 9.80 Å². The van der Waals surface area contributed by atoms with Gasteiger partial charge in [0.05, 0.1) is 0 Å². The maximum absolute atomic E-state index is 13.0. The topological polar surface area (TPSA) is 75.0 Å². The summed E-state index contributed by atoms with van der Waals surface area (Å²) in [5.41, 5.74) is 0.922. The second kappa shape index (κ2) is 8.39. The van der Waals surface area contributed by atoms with Crippen LogP contribution >= 0.6 is 11.3 Å². The van der Waals surface area contributed by atoms with E-state index in [1.54, 1.807) is 30.0 Å². The van der Waals surface area contributed by atoms with E-state index in [2.05, 4.69) is 4.98 Å². The number of amides is 2. The lowest BCUT2D eigenvalue weighted by molar-refractivity contribution is -0.130. The van der Waals surface area contributed by atoms with E-state index in [9.17, 15) is 14.4 Å². The molecule has 1 fully saturated rings. The van der Waals surface area contributed by atoms with Gasteiger partial charge >= 0.3 is 0 Å². The summed E-state index contributed by atoms with van der Waals surface area (Å²) in [5, 5.41) is 0. The van der Waals surface area contributed by atoms with Crippen LogP contribution in [0.25, 0.3) is 4.96 Å². The zero-order valence-corrected chi connectivity index (χ0v) is 17.9. The van der Waals surface area contributed by atoms with Crippen molar-refractivity contribution in [1.29, 1.82) is 0 Å². The summed E-state index contributed by atoms with van der Waals surface area (Å²) < 4.78 is 1.48. The molecule has 7 nitrogen and oxygen atoms in total. The van der Waals surface area contributed by atoms with E-state index in [1.165, 1.54) is 21.9 Å². The number of hydrogen-bond acceptors (Lipinski definition) is 5. The van der Waals surface area contributed by atoms with E-state index in [1.807, 2.05) is 30.3 Å². The van der Waals surface area contributed by atoms with E-state index in [0.29, 0.717) is 30.9 Å². The number of nitrogens with zero attached hydrogens (tertiary/aromatic N) is 4. The van der Waals surface area contributed by atoms with Crippen molar-refractivity contribution in [3.8, 4) is 0 Å². The normalized spacial score (nSPS) is 14.8. The molecular weight excluding hydrogens is 400 g/mol. The molecule has 0 bridgehead atoms. The first kappa shape index (κ1) is 20.3. The fourth-order valence-electron chi connectivity index (χ4n) is 3.84. The quantitative estimate of drug-likeness (QED) is 0.645. The molecule has 0 atom stereocenters. The molecule has 0 spiro atoms. The first-order valence-corrected chi connectivity index (χ1v) is 10.8. The Labute approximate surface area is 178 Å². The molecule has 0 saturated carbocycles. The number of rotatable bonds is 4. The molecule has 2 amide bonds. The molecule has 0 unspecified atom stereocenters. The Kier molecular flexibility index (Phi) is 5.67. The number of fused-ring (bicyclic) bond motifs is 1. The molecule has 4 rings (SSSR count).